The average molecular weight is 265 g/mol. The molecule has 0 spiro atoms. The lowest BCUT2D eigenvalue weighted by atomic mass is 10.0. The van der Waals surface area contributed by atoms with Crippen molar-refractivity contribution in [3.8, 4) is 0 Å². The van der Waals surface area contributed by atoms with Gasteiger partial charge in [-0.25, -0.2) is 0 Å². The fourth-order valence-electron chi connectivity index (χ4n) is 2.87. The van der Waals surface area contributed by atoms with Crippen molar-refractivity contribution in [1.82, 2.24) is 5.32 Å². The summed E-state index contributed by atoms with van der Waals surface area (Å²) in [6.07, 6.45) is 10.7. The minimum Gasteiger partial charge on any atom is -0.469 e. The Morgan fingerprint density at radius 2 is 2.37 bits per heavy atom. The number of furan rings is 1. The Morgan fingerprint density at radius 1 is 1.42 bits per heavy atom. The van der Waals surface area contributed by atoms with Crippen molar-refractivity contribution in [3.63, 3.8) is 0 Å². The molecule has 1 N–H and O–H groups in total. The molecule has 0 radical (unpaired) electrons. The molecule has 1 aliphatic rings. The van der Waals surface area contributed by atoms with Crippen molar-refractivity contribution in [1.29, 1.82) is 0 Å². The molecular formula is C16H27NO2. The minimum absolute atomic E-state index is 0.535. The molecule has 0 amide bonds. The number of aryl methyl sites for hydroxylation is 1. The number of rotatable bonds is 9. The van der Waals surface area contributed by atoms with E-state index in [1.807, 2.05) is 6.07 Å². The Balaban J connectivity index is 1.63. The predicted octanol–water partition coefficient (Wildman–Crippen LogP) is 3.54. The summed E-state index contributed by atoms with van der Waals surface area (Å²) in [5, 5.41) is 3.59. The van der Waals surface area contributed by atoms with Crippen LogP contribution >= 0.6 is 0 Å². The van der Waals surface area contributed by atoms with E-state index < -0.39 is 0 Å². The molecule has 0 aliphatic carbocycles. The minimum atomic E-state index is 0.535. The summed E-state index contributed by atoms with van der Waals surface area (Å²) in [7, 11) is 0. The number of nitrogens with one attached hydrogen (secondary N) is 1. The van der Waals surface area contributed by atoms with Crippen LogP contribution in [0.1, 0.15) is 51.2 Å². The SMILES string of the molecule is CCNC(CCCC1CCCO1)CCc1ccco1. The van der Waals surface area contributed by atoms with Crippen LogP contribution in [0, 0.1) is 0 Å². The molecule has 108 valence electrons. The van der Waals surface area contributed by atoms with Crippen molar-refractivity contribution in [3.05, 3.63) is 24.2 Å². The van der Waals surface area contributed by atoms with Gasteiger partial charge in [-0.05, 0) is 57.2 Å². The number of ether oxygens (including phenoxy) is 1. The van der Waals surface area contributed by atoms with Gasteiger partial charge >= 0.3 is 0 Å². The summed E-state index contributed by atoms with van der Waals surface area (Å²) < 4.78 is 11.1. The summed E-state index contributed by atoms with van der Waals surface area (Å²) in [5.41, 5.74) is 0. The van der Waals surface area contributed by atoms with E-state index in [4.69, 9.17) is 9.15 Å². The van der Waals surface area contributed by atoms with Gasteiger partial charge in [0, 0.05) is 19.1 Å². The predicted molar refractivity (Wildman–Crippen MR) is 77.3 cm³/mol. The van der Waals surface area contributed by atoms with E-state index in [0.29, 0.717) is 12.1 Å². The molecule has 2 atom stereocenters. The molecule has 0 saturated carbocycles. The van der Waals surface area contributed by atoms with Crippen LogP contribution in [0.4, 0.5) is 0 Å². The first-order chi connectivity index (χ1) is 9.38. The van der Waals surface area contributed by atoms with E-state index in [2.05, 4.69) is 18.3 Å². The topological polar surface area (TPSA) is 34.4 Å². The van der Waals surface area contributed by atoms with Crippen LogP contribution in [-0.4, -0.2) is 25.3 Å². The summed E-state index contributed by atoms with van der Waals surface area (Å²) >= 11 is 0. The third-order valence-corrected chi connectivity index (χ3v) is 3.91. The first-order valence-corrected chi connectivity index (χ1v) is 7.76. The van der Waals surface area contributed by atoms with E-state index in [0.717, 1.165) is 31.8 Å². The highest BCUT2D eigenvalue weighted by Gasteiger charge is 2.16. The van der Waals surface area contributed by atoms with Gasteiger partial charge in [0.15, 0.2) is 0 Å². The van der Waals surface area contributed by atoms with Gasteiger partial charge in [-0.15, -0.1) is 0 Å². The van der Waals surface area contributed by atoms with Gasteiger partial charge in [-0.1, -0.05) is 6.92 Å². The van der Waals surface area contributed by atoms with E-state index in [-0.39, 0.29) is 0 Å². The third kappa shape index (κ3) is 5.37. The highest BCUT2D eigenvalue weighted by molar-refractivity contribution is 4.98. The third-order valence-electron chi connectivity index (χ3n) is 3.91. The van der Waals surface area contributed by atoms with E-state index >= 15 is 0 Å². The molecule has 19 heavy (non-hydrogen) atoms. The highest BCUT2D eigenvalue weighted by atomic mass is 16.5. The summed E-state index contributed by atoms with van der Waals surface area (Å²) in [5.74, 6) is 1.10. The molecule has 1 aromatic heterocycles. The van der Waals surface area contributed by atoms with Crippen molar-refractivity contribution >= 4 is 0 Å². The molecule has 1 aliphatic heterocycles. The smallest absolute Gasteiger partial charge is 0.103 e. The second-order valence-corrected chi connectivity index (χ2v) is 5.44. The Kier molecular flexibility index (Phi) is 6.45. The van der Waals surface area contributed by atoms with Crippen LogP contribution in [0.3, 0.4) is 0 Å². The summed E-state index contributed by atoms with van der Waals surface area (Å²) in [6.45, 7) is 4.20. The molecule has 0 aromatic carbocycles. The van der Waals surface area contributed by atoms with Crippen LogP contribution in [0.5, 0.6) is 0 Å². The van der Waals surface area contributed by atoms with E-state index in [9.17, 15) is 0 Å². The van der Waals surface area contributed by atoms with Gasteiger partial charge in [0.1, 0.15) is 5.76 Å². The van der Waals surface area contributed by atoms with Gasteiger partial charge in [0.2, 0.25) is 0 Å². The van der Waals surface area contributed by atoms with Gasteiger partial charge in [-0.3, -0.25) is 0 Å². The van der Waals surface area contributed by atoms with Crippen molar-refractivity contribution in [2.45, 2.75) is 64.0 Å². The molecule has 2 heterocycles. The molecule has 3 heteroatoms. The van der Waals surface area contributed by atoms with E-state index in [1.54, 1.807) is 6.26 Å². The van der Waals surface area contributed by atoms with Crippen LogP contribution in [0.2, 0.25) is 0 Å². The molecule has 2 unspecified atom stereocenters. The highest BCUT2D eigenvalue weighted by Crippen LogP contribution is 2.19. The fourth-order valence-corrected chi connectivity index (χ4v) is 2.87. The molecule has 1 fully saturated rings. The van der Waals surface area contributed by atoms with Gasteiger partial charge in [-0.2, -0.15) is 0 Å². The van der Waals surface area contributed by atoms with Crippen LogP contribution in [0.15, 0.2) is 22.8 Å². The summed E-state index contributed by atoms with van der Waals surface area (Å²) in [4.78, 5) is 0. The maximum absolute atomic E-state index is 5.68. The first kappa shape index (κ1) is 14.6. The largest absolute Gasteiger partial charge is 0.469 e. The van der Waals surface area contributed by atoms with Crippen molar-refractivity contribution in [2.24, 2.45) is 0 Å². The Bertz CT molecular complexity index is 317. The summed E-state index contributed by atoms with van der Waals surface area (Å²) in [6, 6.07) is 4.64. The maximum Gasteiger partial charge on any atom is 0.103 e. The van der Waals surface area contributed by atoms with Crippen LogP contribution < -0.4 is 5.32 Å². The second kappa shape index (κ2) is 8.39. The van der Waals surface area contributed by atoms with Crippen molar-refractivity contribution in [2.75, 3.05) is 13.2 Å². The number of hydrogen-bond donors (Lipinski definition) is 1. The van der Waals surface area contributed by atoms with Gasteiger partial charge in [0.25, 0.3) is 0 Å². The normalized spacial score (nSPS) is 20.8. The lowest BCUT2D eigenvalue weighted by Gasteiger charge is -2.18. The van der Waals surface area contributed by atoms with Gasteiger partial charge < -0.3 is 14.5 Å². The zero-order valence-corrected chi connectivity index (χ0v) is 12.1. The van der Waals surface area contributed by atoms with Crippen LogP contribution in [0.25, 0.3) is 0 Å². The standard InChI is InChI=1S/C16H27NO2/c1-2-17-14(10-11-16-9-5-13-19-16)6-3-7-15-8-4-12-18-15/h5,9,13-15,17H,2-4,6-8,10-12H2,1H3. The Labute approximate surface area is 116 Å². The quantitative estimate of drug-likeness (QED) is 0.741. The van der Waals surface area contributed by atoms with E-state index in [1.165, 1.54) is 32.1 Å². The molecule has 3 nitrogen and oxygen atoms in total. The average Bonchev–Trinajstić information content (AvgIpc) is 3.09. The fraction of sp³-hybridized carbons (Fsp3) is 0.750. The Morgan fingerprint density at radius 3 is 3.05 bits per heavy atom. The number of hydrogen-bond acceptors (Lipinski definition) is 3. The molecule has 1 aromatic rings. The molecule has 1 saturated heterocycles. The lowest BCUT2D eigenvalue weighted by molar-refractivity contribution is 0.101. The zero-order valence-electron chi connectivity index (χ0n) is 12.1. The first-order valence-electron chi connectivity index (χ1n) is 7.76. The van der Waals surface area contributed by atoms with Crippen LogP contribution in [-0.2, 0) is 11.2 Å². The van der Waals surface area contributed by atoms with Gasteiger partial charge in [0.05, 0.1) is 12.4 Å². The van der Waals surface area contributed by atoms with Crippen molar-refractivity contribution < 1.29 is 9.15 Å². The lowest BCUT2D eigenvalue weighted by Crippen LogP contribution is -2.29. The second-order valence-electron chi connectivity index (χ2n) is 5.44. The molecular weight excluding hydrogens is 238 g/mol. The maximum atomic E-state index is 5.68. The molecule has 2 rings (SSSR count). The zero-order chi connectivity index (χ0) is 13.3. The Hall–Kier alpha value is -0.800. The molecule has 0 bridgehead atoms. The monoisotopic (exact) mass is 265 g/mol.